The normalized spacial score (nSPS) is 16.4. The Morgan fingerprint density at radius 1 is 1.00 bits per heavy atom. The Morgan fingerprint density at radius 3 is 2.20 bits per heavy atom. The number of benzene rings is 3. The summed E-state index contributed by atoms with van der Waals surface area (Å²) in [4.78, 5) is 0.0502. The number of hydrogen-bond acceptors (Lipinski definition) is 6. The van der Waals surface area contributed by atoms with Gasteiger partial charge < -0.3 is 9.84 Å². The summed E-state index contributed by atoms with van der Waals surface area (Å²) in [6.45, 7) is 0. The zero-order valence-corrected chi connectivity index (χ0v) is 17.1. The van der Waals surface area contributed by atoms with Crippen molar-refractivity contribution in [3.05, 3.63) is 83.9 Å². The molecule has 1 unspecified atom stereocenters. The molecule has 0 bridgehead atoms. The smallest absolute Gasteiger partial charge is 0.238 e. The molecule has 0 amide bonds. The largest absolute Gasteiger partial charge is 0.508 e. The molecule has 30 heavy (non-hydrogen) atoms. The van der Waals surface area contributed by atoms with E-state index in [1.165, 1.54) is 12.1 Å². The number of phenolic OH excluding ortho intramolecular Hbond substituents is 1. The van der Waals surface area contributed by atoms with Gasteiger partial charge in [-0.25, -0.2) is 13.6 Å². The number of sulfonamides is 1. The van der Waals surface area contributed by atoms with Crippen LogP contribution in [0.1, 0.15) is 23.6 Å². The second-order valence-electron chi connectivity index (χ2n) is 6.97. The number of primary sulfonamides is 1. The van der Waals surface area contributed by atoms with Gasteiger partial charge in [0.2, 0.25) is 10.0 Å². The number of nitrogens with zero attached hydrogens (tertiary/aromatic N) is 2. The lowest BCUT2D eigenvalue weighted by atomic mass is 9.98. The highest BCUT2D eigenvalue weighted by Crippen LogP contribution is 2.37. The van der Waals surface area contributed by atoms with Crippen LogP contribution < -0.4 is 14.9 Å². The van der Waals surface area contributed by atoms with Crippen LogP contribution in [0.2, 0.25) is 0 Å². The van der Waals surface area contributed by atoms with Crippen LogP contribution in [0.25, 0.3) is 0 Å². The molecule has 1 aliphatic rings. The zero-order chi connectivity index (χ0) is 21.3. The third-order valence-electron chi connectivity index (χ3n) is 5.04. The predicted octanol–water partition coefficient (Wildman–Crippen LogP) is 3.40. The summed E-state index contributed by atoms with van der Waals surface area (Å²) in [5.74, 6) is 0.958. The number of anilines is 1. The summed E-state index contributed by atoms with van der Waals surface area (Å²) in [5, 5.41) is 21.5. The molecule has 3 aromatic carbocycles. The highest BCUT2D eigenvalue weighted by Gasteiger charge is 2.30. The van der Waals surface area contributed by atoms with Crippen LogP contribution in [-0.4, -0.2) is 26.3 Å². The van der Waals surface area contributed by atoms with Crippen LogP contribution in [0.5, 0.6) is 11.5 Å². The number of hydrogen-bond donors (Lipinski definition) is 2. The molecule has 4 rings (SSSR count). The molecule has 3 aromatic rings. The Balaban J connectivity index is 1.73. The summed E-state index contributed by atoms with van der Waals surface area (Å²) in [6.07, 6.45) is 0.647. The van der Waals surface area contributed by atoms with Gasteiger partial charge in [-0.2, -0.15) is 5.10 Å². The van der Waals surface area contributed by atoms with Crippen molar-refractivity contribution in [2.75, 3.05) is 12.1 Å². The molecule has 1 atom stereocenters. The molecule has 0 radical (unpaired) electrons. The van der Waals surface area contributed by atoms with E-state index in [4.69, 9.17) is 15.0 Å². The van der Waals surface area contributed by atoms with Crippen LogP contribution in [-0.2, 0) is 10.0 Å². The van der Waals surface area contributed by atoms with Gasteiger partial charge in [0, 0.05) is 6.42 Å². The number of ether oxygens (including phenoxy) is 1. The summed E-state index contributed by atoms with van der Waals surface area (Å²) >= 11 is 0. The third kappa shape index (κ3) is 4.00. The number of methoxy groups -OCH3 is 1. The Bertz CT molecular complexity index is 1170. The zero-order valence-electron chi connectivity index (χ0n) is 16.3. The highest BCUT2D eigenvalue weighted by atomic mass is 32.2. The van der Waals surface area contributed by atoms with Crippen molar-refractivity contribution in [2.24, 2.45) is 10.2 Å². The minimum Gasteiger partial charge on any atom is -0.508 e. The van der Waals surface area contributed by atoms with Gasteiger partial charge in [0.15, 0.2) is 0 Å². The van der Waals surface area contributed by atoms with E-state index in [1.54, 1.807) is 31.4 Å². The Hall–Kier alpha value is -3.36. The quantitative estimate of drug-likeness (QED) is 0.654. The average Bonchev–Trinajstić information content (AvgIpc) is 3.19. The van der Waals surface area contributed by atoms with Crippen molar-refractivity contribution in [1.29, 1.82) is 0 Å². The molecule has 3 N–H and O–H groups in total. The first-order valence-corrected chi connectivity index (χ1v) is 10.8. The van der Waals surface area contributed by atoms with Gasteiger partial charge in [-0.3, -0.25) is 5.01 Å². The molecule has 0 fully saturated rings. The molecular formula is C22H21N3O4S. The molecule has 0 spiro atoms. The molecule has 0 saturated heterocycles. The van der Waals surface area contributed by atoms with E-state index in [2.05, 4.69) is 0 Å². The molecule has 1 heterocycles. The van der Waals surface area contributed by atoms with E-state index < -0.39 is 10.0 Å². The van der Waals surface area contributed by atoms with Crippen molar-refractivity contribution in [3.8, 4) is 11.5 Å². The monoisotopic (exact) mass is 423 g/mol. The first-order chi connectivity index (χ1) is 14.3. The SMILES string of the molecule is COc1ccc(C2CC(c3ccc(O)cc3)=NN2c2ccc(S(N)(=O)=O)cc2)cc1. The molecule has 8 heteroatoms. The molecule has 154 valence electrons. The standard InChI is InChI=1S/C22H21N3O4S/c1-29-19-10-4-16(5-11-19)22-14-21(15-2-8-18(26)9-3-15)24-25(22)17-6-12-20(13-7-17)30(23,27)28/h2-13,22,26H,14H2,1H3,(H2,23,27,28). The Morgan fingerprint density at radius 2 is 1.63 bits per heavy atom. The van der Waals surface area contributed by atoms with Gasteiger partial charge in [0.1, 0.15) is 11.5 Å². The fraction of sp³-hybridized carbons (Fsp3) is 0.136. The minimum absolute atomic E-state index is 0.0502. The van der Waals surface area contributed by atoms with E-state index in [0.29, 0.717) is 6.42 Å². The van der Waals surface area contributed by atoms with E-state index in [-0.39, 0.29) is 16.7 Å². The lowest BCUT2D eigenvalue weighted by Crippen LogP contribution is -2.19. The van der Waals surface area contributed by atoms with Gasteiger partial charge in [0.25, 0.3) is 0 Å². The second-order valence-corrected chi connectivity index (χ2v) is 8.53. The molecule has 1 aliphatic heterocycles. The summed E-state index contributed by atoms with van der Waals surface area (Å²) in [6, 6.07) is 20.9. The summed E-state index contributed by atoms with van der Waals surface area (Å²) < 4.78 is 28.4. The van der Waals surface area contributed by atoms with Gasteiger partial charge >= 0.3 is 0 Å². The van der Waals surface area contributed by atoms with E-state index in [9.17, 15) is 13.5 Å². The molecule has 0 saturated carbocycles. The Kier molecular flexibility index (Phi) is 5.19. The van der Waals surface area contributed by atoms with E-state index in [0.717, 1.165) is 28.3 Å². The summed E-state index contributed by atoms with van der Waals surface area (Å²) in [7, 11) is -2.15. The number of hydrazone groups is 1. The number of phenols is 1. The maximum absolute atomic E-state index is 11.6. The van der Waals surface area contributed by atoms with Crippen molar-refractivity contribution in [3.63, 3.8) is 0 Å². The van der Waals surface area contributed by atoms with E-state index >= 15 is 0 Å². The third-order valence-corrected chi connectivity index (χ3v) is 5.97. The fourth-order valence-electron chi connectivity index (χ4n) is 3.45. The van der Waals surface area contributed by atoms with Crippen LogP contribution in [0.3, 0.4) is 0 Å². The van der Waals surface area contributed by atoms with Crippen LogP contribution >= 0.6 is 0 Å². The first kappa shape index (κ1) is 19.9. The van der Waals surface area contributed by atoms with Crippen molar-refractivity contribution in [2.45, 2.75) is 17.4 Å². The maximum Gasteiger partial charge on any atom is 0.238 e. The molecule has 0 aliphatic carbocycles. The topological polar surface area (TPSA) is 105 Å². The second kappa shape index (κ2) is 7.81. The maximum atomic E-state index is 11.6. The lowest BCUT2D eigenvalue weighted by molar-refractivity contribution is 0.414. The number of rotatable bonds is 5. The first-order valence-electron chi connectivity index (χ1n) is 9.28. The Labute approximate surface area is 175 Å². The van der Waals surface area contributed by atoms with Crippen LogP contribution in [0.15, 0.2) is 82.8 Å². The van der Waals surface area contributed by atoms with Gasteiger partial charge in [-0.1, -0.05) is 12.1 Å². The molecule has 7 nitrogen and oxygen atoms in total. The minimum atomic E-state index is -3.77. The van der Waals surface area contributed by atoms with Crippen LogP contribution in [0, 0.1) is 0 Å². The van der Waals surface area contributed by atoms with E-state index in [1.807, 2.05) is 41.4 Å². The van der Waals surface area contributed by atoms with Crippen molar-refractivity contribution >= 4 is 21.4 Å². The molecule has 0 aromatic heterocycles. The van der Waals surface area contributed by atoms with Crippen molar-refractivity contribution < 1.29 is 18.3 Å². The highest BCUT2D eigenvalue weighted by molar-refractivity contribution is 7.89. The summed E-state index contributed by atoms with van der Waals surface area (Å²) in [5.41, 5.74) is 3.57. The van der Waals surface area contributed by atoms with Gasteiger partial charge in [-0.05, 0) is 71.8 Å². The fourth-order valence-corrected chi connectivity index (χ4v) is 3.97. The molecular weight excluding hydrogens is 402 g/mol. The van der Waals surface area contributed by atoms with Crippen molar-refractivity contribution in [1.82, 2.24) is 0 Å². The number of aromatic hydroxyl groups is 1. The van der Waals surface area contributed by atoms with Crippen LogP contribution in [0.4, 0.5) is 5.69 Å². The van der Waals surface area contributed by atoms with Gasteiger partial charge in [-0.15, -0.1) is 0 Å². The predicted molar refractivity (Wildman–Crippen MR) is 115 cm³/mol. The average molecular weight is 423 g/mol. The number of nitrogens with two attached hydrogens (primary N) is 1. The van der Waals surface area contributed by atoms with Gasteiger partial charge in [0.05, 0.1) is 29.4 Å². The lowest BCUT2D eigenvalue weighted by Gasteiger charge is -2.24.